The normalized spacial score (nSPS) is 11.9. The second-order valence-corrected chi connectivity index (χ2v) is 3.59. The summed E-state index contributed by atoms with van der Waals surface area (Å²) in [6, 6.07) is 5.23. The van der Waals surface area contributed by atoms with Crippen molar-refractivity contribution < 1.29 is 9.90 Å². The maximum atomic E-state index is 11.8. The number of allylic oxidation sites excluding steroid dienone is 1. The monoisotopic (exact) mass is 233 g/mol. The van der Waals surface area contributed by atoms with Gasteiger partial charge in [0, 0.05) is 11.8 Å². The molecule has 0 aromatic carbocycles. The summed E-state index contributed by atoms with van der Waals surface area (Å²) in [5, 5.41) is 12.8. The summed E-state index contributed by atoms with van der Waals surface area (Å²) < 4.78 is 2.63. The van der Waals surface area contributed by atoms with Crippen LogP contribution in [0.25, 0.3) is 5.65 Å². The van der Waals surface area contributed by atoms with Crippen molar-refractivity contribution in [3.05, 3.63) is 46.5 Å². The number of hydrogen-bond acceptors (Lipinski definition) is 3. The molecule has 0 unspecified atom stereocenters. The van der Waals surface area contributed by atoms with Gasteiger partial charge in [0.25, 0.3) is 0 Å². The highest BCUT2D eigenvalue weighted by atomic mass is 16.4. The number of carboxylic acid groups (broad SMARTS) is 1. The van der Waals surface area contributed by atoms with Gasteiger partial charge in [-0.15, -0.1) is 5.10 Å². The molecule has 6 heteroatoms. The Kier molecular flexibility index (Phi) is 2.78. The molecule has 0 spiro atoms. The molecule has 0 aliphatic rings. The number of aliphatic carboxylic acids is 1. The van der Waals surface area contributed by atoms with Crippen LogP contribution in [-0.4, -0.2) is 25.3 Å². The molecular formula is C11H11N3O3. The van der Waals surface area contributed by atoms with E-state index in [2.05, 4.69) is 5.10 Å². The Morgan fingerprint density at radius 1 is 1.53 bits per heavy atom. The summed E-state index contributed by atoms with van der Waals surface area (Å²) in [6.45, 7) is 1.63. The van der Waals surface area contributed by atoms with Crippen molar-refractivity contribution in [3.63, 3.8) is 0 Å². The molecular weight excluding hydrogens is 222 g/mol. The van der Waals surface area contributed by atoms with Crippen LogP contribution in [0.15, 0.2) is 40.8 Å². The zero-order chi connectivity index (χ0) is 12.4. The minimum Gasteiger partial charge on any atom is -0.478 e. The molecule has 0 amide bonds. The molecule has 2 aromatic rings. The molecule has 2 aromatic heterocycles. The smallest absolute Gasteiger partial charge is 0.350 e. The lowest BCUT2D eigenvalue weighted by Crippen LogP contribution is -2.20. The predicted octanol–water partition coefficient (Wildman–Crippen LogP) is 0.527. The third-order valence-corrected chi connectivity index (χ3v) is 2.40. The van der Waals surface area contributed by atoms with Crippen molar-refractivity contribution in [3.8, 4) is 0 Å². The van der Waals surface area contributed by atoms with E-state index < -0.39 is 5.97 Å². The van der Waals surface area contributed by atoms with Crippen molar-refractivity contribution in [2.45, 2.75) is 13.5 Å². The molecule has 17 heavy (non-hydrogen) atoms. The van der Waals surface area contributed by atoms with E-state index in [4.69, 9.17) is 5.11 Å². The van der Waals surface area contributed by atoms with Crippen LogP contribution in [0.2, 0.25) is 0 Å². The lowest BCUT2D eigenvalue weighted by molar-refractivity contribution is -0.132. The van der Waals surface area contributed by atoms with E-state index in [1.807, 2.05) is 0 Å². The number of rotatable bonds is 3. The number of pyridine rings is 1. The van der Waals surface area contributed by atoms with Crippen LogP contribution in [-0.2, 0) is 11.3 Å². The number of nitrogens with zero attached hydrogens (tertiary/aromatic N) is 3. The second kappa shape index (κ2) is 4.25. The SMILES string of the molecule is CC(=CCn1nc2ccccn2c1=O)C(=O)O. The molecule has 88 valence electrons. The van der Waals surface area contributed by atoms with Crippen LogP contribution in [0.3, 0.4) is 0 Å². The Morgan fingerprint density at radius 2 is 2.29 bits per heavy atom. The quantitative estimate of drug-likeness (QED) is 0.784. The fourth-order valence-electron chi connectivity index (χ4n) is 1.40. The predicted molar refractivity (Wildman–Crippen MR) is 60.8 cm³/mol. The molecule has 0 aliphatic carbocycles. The van der Waals surface area contributed by atoms with Gasteiger partial charge in [-0.2, -0.15) is 0 Å². The molecule has 0 radical (unpaired) electrons. The average molecular weight is 233 g/mol. The Bertz CT molecular complexity index is 651. The summed E-state index contributed by atoms with van der Waals surface area (Å²) in [7, 11) is 0. The second-order valence-electron chi connectivity index (χ2n) is 3.59. The fraction of sp³-hybridized carbons (Fsp3) is 0.182. The standard InChI is InChI=1S/C11H11N3O3/c1-8(10(15)16)5-7-14-11(17)13-6-3-2-4-9(13)12-14/h2-6H,7H2,1H3,(H,15,16). The van der Waals surface area contributed by atoms with E-state index in [-0.39, 0.29) is 17.8 Å². The van der Waals surface area contributed by atoms with Crippen LogP contribution in [0.5, 0.6) is 0 Å². The summed E-state index contributed by atoms with van der Waals surface area (Å²) in [5.41, 5.74) is 0.447. The van der Waals surface area contributed by atoms with Crippen LogP contribution in [0.1, 0.15) is 6.92 Å². The average Bonchev–Trinajstić information content (AvgIpc) is 2.64. The largest absolute Gasteiger partial charge is 0.478 e. The van der Waals surface area contributed by atoms with Gasteiger partial charge in [-0.1, -0.05) is 12.1 Å². The molecule has 0 saturated heterocycles. The minimum absolute atomic E-state index is 0.151. The lowest BCUT2D eigenvalue weighted by Gasteiger charge is -1.94. The van der Waals surface area contributed by atoms with Crippen LogP contribution >= 0.6 is 0 Å². The Hall–Kier alpha value is -2.37. The number of carbonyl (C=O) groups is 1. The number of aromatic nitrogens is 3. The van der Waals surface area contributed by atoms with Gasteiger partial charge in [-0.3, -0.25) is 4.40 Å². The van der Waals surface area contributed by atoms with Gasteiger partial charge in [-0.25, -0.2) is 14.3 Å². The minimum atomic E-state index is -0.998. The highest BCUT2D eigenvalue weighted by Crippen LogP contribution is 1.97. The molecule has 2 heterocycles. The van der Waals surface area contributed by atoms with Crippen molar-refractivity contribution in [2.24, 2.45) is 0 Å². The molecule has 0 bridgehead atoms. The summed E-state index contributed by atoms with van der Waals surface area (Å²) in [5.74, 6) is -0.998. The highest BCUT2D eigenvalue weighted by molar-refractivity contribution is 5.85. The first kappa shape index (κ1) is 11.1. The van der Waals surface area contributed by atoms with Gasteiger partial charge in [-0.05, 0) is 19.1 Å². The van der Waals surface area contributed by atoms with E-state index in [0.29, 0.717) is 5.65 Å². The van der Waals surface area contributed by atoms with E-state index in [9.17, 15) is 9.59 Å². The molecule has 2 rings (SSSR count). The first-order chi connectivity index (χ1) is 8.09. The van der Waals surface area contributed by atoms with Gasteiger partial charge in [0.2, 0.25) is 0 Å². The van der Waals surface area contributed by atoms with Gasteiger partial charge in [0.1, 0.15) is 0 Å². The van der Waals surface area contributed by atoms with Crippen molar-refractivity contribution >= 4 is 11.6 Å². The maximum absolute atomic E-state index is 11.8. The van der Waals surface area contributed by atoms with Gasteiger partial charge in [0.05, 0.1) is 6.54 Å². The third-order valence-electron chi connectivity index (χ3n) is 2.40. The van der Waals surface area contributed by atoms with E-state index in [1.54, 1.807) is 24.4 Å². The van der Waals surface area contributed by atoms with E-state index in [0.717, 1.165) is 0 Å². The van der Waals surface area contributed by atoms with Crippen molar-refractivity contribution in [2.75, 3.05) is 0 Å². The van der Waals surface area contributed by atoms with E-state index >= 15 is 0 Å². The Labute approximate surface area is 96.4 Å². The summed E-state index contributed by atoms with van der Waals surface area (Å²) >= 11 is 0. The Balaban J connectivity index is 2.38. The lowest BCUT2D eigenvalue weighted by atomic mass is 10.3. The number of carboxylic acids is 1. The topological polar surface area (TPSA) is 76.6 Å². The molecule has 0 saturated carbocycles. The number of fused-ring (bicyclic) bond motifs is 1. The van der Waals surface area contributed by atoms with Crippen LogP contribution in [0, 0.1) is 0 Å². The summed E-state index contributed by atoms with van der Waals surface area (Å²) in [6.07, 6.45) is 3.07. The van der Waals surface area contributed by atoms with Crippen molar-refractivity contribution in [1.82, 2.24) is 14.2 Å². The van der Waals surface area contributed by atoms with Crippen molar-refractivity contribution in [1.29, 1.82) is 0 Å². The molecule has 6 nitrogen and oxygen atoms in total. The molecule has 1 N–H and O–H groups in total. The van der Waals surface area contributed by atoms with E-state index in [1.165, 1.54) is 22.1 Å². The zero-order valence-electron chi connectivity index (χ0n) is 9.20. The molecule has 0 atom stereocenters. The highest BCUT2D eigenvalue weighted by Gasteiger charge is 2.05. The first-order valence-electron chi connectivity index (χ1n) is 5.04. The zero-order valence-corrected chi connectivity index (χ0v) is 9.20. The molecule has 0 fully saturated rings. The Morgan fingerprint density at radius 3 is 2.94 bits per heavy atom. The van der Waals surface area contributed by atoms with Gasteiger partial charge >= 0.3 is 11.7 Å². The maximum Gasteiger partial charge on any atom is 0.350 e. The van der Waals surface area contributed by atoms with Gasteiger partial charge < -0.3 is 5.11 Å². The third kappa shape index (κ3) is 2.10. The number of hydrogen-bond donors (Lipinski definition) is 1. The van der Waals surface area contributed by atoms with Gasteiger partial charge in [0.15, 0.2) is 5.65 Å². The summed E-state index contributed by atoms with van der Waals surface area (Å²) in [4.78, 5) is 22.4. The fourth-order valence-corrected chi connectivity index (χ4v) is 1.40. The molecule has 0 aliphatic heterocycles. The van der Waals surface area contributed by atoms with Crippen LogP contribution < -0.4 is 5.69 Å². The first-order valence-corrected chi connectivity index (χ1v) is 5.04. The van der Waals surface area contributed by atoms with Crippen LogP contribution in [0.4, 0.5) is 0 Å².